The zero-order chi connectivity index (χ0) is 63.2. The summed E-state index contributed by atoms with van der Waals surface area (Å²) in [6.45, 7) is 0. The largest absolute Gasteiger partial charge is 0.316 e. The summed E-state index contributed by atoms with van der Waals surface area (Å²) in [5.41, 5.74) is 22.4. The van der Waals surface area contributed by atoms with Crippen LogP contribution in [-0.2, 0) is 0 Å². The van der Waals surface area contributed by atoms with Gasteiger partial charge in [0.25, 0.3) is 0 Å². The second kappa shape index (κ2) is 22.3. The van der Waals surface area contributed by atoms with Crippen LogP contribution >= 0.6 is 0 Å². The van der Waals surface area contributed by atoms with Crippen LogP contribution in [0.5, 0.6) is 0 Å². The maximum atomic E-state index is 5.35. The molecule has 0 aliphatic rings. The van der Waals surface area contributed by atoms with E-state index < -0.39 is 0 Å². The Morgan fingerprint density at radius 2 is 0.333 bits per heavy atom. The van der Waals surface area contributed by atoms with Crippen molar-refractivity contribution in [2.75, 3.05) is 0 Å². The van der Waals surface area contributed by atoms with Crippen molar-refractivity contribution in [3.05, 3.63) is 347 Å². The van der Waals surface area contributed by atoms with Gasteiger partial charge in [-0.15, -0.1) is 0 Å². The van der Waals surface area contributed by atoms with Crippen LogP contribution < -0.4 is 0 Å². The fraction of sp³-hybridized carbons (Fsp3) is 0. The molecular formula is C87H57N9. The van der Waals surface area contributed by atoms with Crippen LogP contribution in [0.15, 0.2) is 347 Å². The molecule has 0 fully saturated rings. The SMILES string of the molecule is c1ccc2c(c1)ccn2-c1cc(-c2ccc(-c3nc(-c4ccc(-c5cc(-n6ccc7ccccc76)cc(-n6ccc7ccccc76)c5)cc4)nc(-c4ccc(-c5cc(-n6ccc7ccccc76)cc(-n6ccc7ccccc76)c5)cc4)n3)cc2)cc(-n2ccc3ccccc32)c1. The summed E-state index contributed by atoms with van der Waals surface area (Å²) >= 11 is 0. The summed E-state index contributed by atoms with van der Waals surface area (Å²) in [6, 6.07) is 111. The molecule has 19 aromatic rings. The van der Waals surface area contributed by atoms with E-state index in [0.717, 1.165) is 117 Å². The summed E-state index contributed by atoms with van der Waals surface area (Å²) < 4.78 is 13.7. The summed E-state index contributed by atoms with van der Waals surface area (Å²) in [5, 5.41) is 7.14. The highest BCUT2D eigenvalue weighted by atomic mass is 15.0. The highest BCUT2D eigenvalue weighted by Crippen LogP contribution is 2.38. The molecule has 7 aromatic heterocycles. The van der Waals surface area contributed by atoms with E-state index in [4.69, 9.17) is 15.0 Å². The number of para-hydroxylation sites is 6. The quantitative estimate of drug-likeness (QED) is 0.122. The molecule has 0 atom stereocenters. The van der Waals surface area contributed by atoms with Crippen LogP contribution in [0.1, 0.15) is 0 Å². The molecule has 0 bridgehead atoms. The first-order valence-electron chi connectivity index (χ1n) is 32.4. The van der Waals surface area contributed by atoms with Gasteiger partial charge in [0.2, 0.25) is 0 Å². The second-order valence-corrected chi connectivity index (χ2v) is 24.7. The van der Waals surface area contributed by atoms with Gasteiger partial charge in [-0.05, 0) is 193 Å². The second-order valence-electron chi connectivity index (χ2n) is 24.7. The highest BCUT2D eigenvalue weighted by Gasteiger charge is 2.19. The van der Waals surface area contributed by atoms with Gasteiger partial charge in [-0.2, -0.15) is 0 Å². The first-order chi connectivity index (χ1) is 47.5. The normalized spacial score (nSPS) is 11.8. The van der Waals surface area contributed by atoms with E-state index in [1.54, 1.807) is 0 Å². The molecule has 96 heavy (non-hydrogen) atoms. The molecule has 450 valence electrons. The van der Waals surface area contributed by atoms with Crippen LogP contribution in [-0.4, -0.2) is 42.4 Å². The number of hydrogen-bond acceptors (Lipinski definition) is 3. The molecule has 0 amide bonds. The Hall–Kier alpha value is -13.1. The molecule has 9 nitrogen and oxygen atoms in total. The van der Waals surface area contributed by atoms with E-state index >= 15 is 0 Å². The predicted octanol–water partition coefficient (Wildman–Crippen LogP) is 21.5. The summed E-state index contributed by atoms with van der Waals surface area (Å²) in [7, 11) is 0. The first kappa shape index (κ1) is 54.6. The zero-order valence-electron chi connectivity index (χ0n) is 51.9. The Morgan fingerprint density at radius 1 is 0.156 bits per heavy atom. The van der Waals surface area contributed by atoms with Gasteiger partial charge in [0.15, 0.2) is 17.5 Å². The van der Waals surface area contributed by atoms with Crippen molar-refractivity contribution in [1.82, 2.24) is 42.4 Å². The smallest absolute Gasteiger partial charge is 0.164 e. The average molecular weight is 1230 g/mol. The van der Waals surface area contributed by atoms with Gasteiger partial charge in [-0.3, -0.25) is 0 Å². The molecule has 0 unspecified atom stereocenters. The van der Waals surface area contributed by atoms with Gasteiger partial charge in [0, 0.05) is 88.0 Å². The molecule has 0 saturated heterocycles. The highest BCUT2D eigenvalue weighted by molar-refractivity contribution is 5.89. The fourth-order valence-electron chi connectivity index (χ4n) is 14.2. The van der Waals surface area contributed by atoms with Gasteiger partial charge in [-0.25, -0.2) is 15.0 Å². The summed E-state index contributed by atoms with van der Waals surface area (Å²) in [4.78, 5) is 16.0. The number of hydrogen-bond donors (Lipinski definition) is 0. The van der Waals surface area contributed by atoms with E-state index in [1.165, 1.54) is 32.3 Å². The van der Waals surface area contributed by atoms with Gasteiger partial charge >= 0.3 is 0 Å². The maximum Gasteiger partial charge on any atom is 0.164 e. The lowest BCUT2D eigenvalue weighted by Gasteiger charge is -2.15. The molecule has 12 aromatic carbocycles. The van der Waals surface area contributed by atoms with Crippen molar-refractivity contribution in [1.29, 1.82) is 0 Å². The summed E-state index contributed by atoms with van der Waals surface area (Å²) in [6.07, 6.45) is 13.0. The van der Waals surface area contributed by atoms with Crippen LogP contribution in [0.2, 0.25) is 0 Å². The zero-order valence-corrected chi connectivity index (χ0v) is 51.9. The van der Waals surface area contributed by atoms with Crippen LogP contribution in [0.25, 0.3) is 167 Å². The van der Waals surface area contributed by atoms with Gasteiger partial charge < -0.3 is 27.4 Å². The van der Waals surface area contributed by atoms with E-state index in [2.05, 4.69) is 374 Å². The Morgan fingerprint density at radius 3 is 0.531 bits per heavy atom. The van der Waals surface area contributed by atoms with Crippen LogP contribution in [0, 0.1) is 0 Å². The molecule has 19 rings (SSSR count). The maximum absolute atomic E-state index is 5.35. The van der Waals surface area contributed by atoms with Crippen molar-refractivity contribution in [2.45, 2.75) is 0 Å². The van der Waals surface area contributed by atoms with Crippen molar-refractivity contribution < 1.29 is 0 Å². The standard InChI is InChI=1S/C87H57N9/c1-7-19-79-61(13-1)37-43-91(79)73-49-70(50-74(55-73)92-44-38-62-14-2-8-20-80(62)92)58-25-31-67(32-26-58)85-88-86(68-33-27-59(28-34-68)71-51-75(93-45-39-63-15-3-9-21-81(63)93)56-76(52-71)94-46-40-64-16-4-10-22-82(64)94)90-87(89-85)69-35-29-60(30-36-69)72-53-77(95-47-41-65-17-5-11-23-83(65)95)57-78(54-72)96-48-42-66-18-6-12-24-84(66)96/h1-57H. The van der Waals surface area contributed by atoms with Crippen molar-refractivity contribution in [3.63, 3.8) is 0 Å². The molecule has 0 aliphatic heterocycles. The third-order valence-electron chi connectivity index (χ3n) is 19.0. The number of benzene rings is 12. The molecule has 0 spiro atoms. The Kier molecular flexibility index (Phi) is 12.7. The van der Waals surface area contributed by atoms with Gasteiger partial charge in [0.05, 0.1) is 33.1 Å². The monoisotopic (exact) mass is 1230 g/mol. The number of nitrogens with zero attached hydrogens (tertiary/aromatic N) is 9. The first-order valence-corrected chi connectivity index (χ1v) is 32.4. The van der Waals surface area contributed by atoms with Crippen molar-refractivity contribution >= 4 is 65.4 Å². The van der Waals surface area contributed by atoms with E-state index in [9.17, 15) is 0 Å². The minimum Gasteiger partial charge on any atom is -0.316 e. The van der Waals surface area contributed by atoms with E-state index in [-0.39, 0.29) is 0 Å². The lowest BCUT2D eigenvalue weighted by Crippen LogP contribution is -2.01. The molecule has 0 saturated carbocycles. The lowest BCUT2D eigenvalue weighted by molar-refractivity contribution is 1.07. The Bertz CT molecular complexity index is 5310. The topological polar surface area (TPSA) is 68.2 Å². The third-order valence-corrected chi connectivity index (χ3v) is 19.0. The minimum absolute atomic E-state index is 0.576. The fourth-order valence-corrected chi connectivity index (χ4v) is 14.2. The minimum atomic E-state index is 0.576. The Labute approximate surface area is 552 Å². The molecular weight excluding hydrogens is 1170 g/mol. The Balaban J connectivity index is 0.726. The molecule has 9 heteroatoms. The van der Waals surface area contributed by atoms with Gasteiger partial charge in [-0.1, -0.05) is 182 Å². The summed E-state index contributed by atoms with van der Waals surface area (Å²) in [5.74, 6) is 1.73. The lowest BCUT2D eigenvalue weighted by atomic mass is 10.0. The van der Waals surface area contributed by atoms with E-state index in [1.807, 2.05) is 0 Å². The molecule has 0 N–H and O–H groups in total. The predicted molar refractivity (Wildman–Crippen MR) is 393 cm³/mol. The van der Waals surface area contributed by atoms with Crippen LogP contribution in [0.4, 0.5) is 0 Å². The molecule has 7 heterocycles. The number of aromatic nitrogens is 9. The van der Waals surface area contributed by atoms with Crippen molar-refractivity contribution in [3.8, 4) is 102 Å². The molecule has 0 aliphatic carbocycles. The van der Waals surface area contributed by atoms with Crippen molar-refractivity contribution in [2.24, 2.45) is 0 Å². The average Bonchev–Trinajstić information content (AvgIpc) is 1.49. The molecule has 0 radical (unpaired) electrons. The number of fused-ring (bicyclic) bond motifs is 6. The van der Waals surface area contributed by atoms with E-state index in [0.29, 0.717) is 17.5 Å². The van der Waals surface area contributed by atoms with Crippen LogP contribution in [0.3, 0.4) is 0 Å². The number of rotatable bonds is 12. The van der Waals surface area contributed by atoms with Gasteiger partial charge in [0.1, 0.15) is 0 Å². The third kappa shape index (κ3) is 9.52.